The number of hydrogen-bond donors (Lipinski definition) is 1. The maximum absolute atomic E-state index is 12.7. The van der Waals surface area contributed by atoms with E-state index in [1.54, 1.807) is 26.0 Å². The van der Waals surface area contributed by atoms with Crippen molar-refractivity contribution in [2.75, 3.05) is 25.5 Å². The van der Waals surface area contributed by atoms with Crippen LogP contribution in [-0.2, 0) is 38.8 Å². The van der Waals surface area contributed by atoms with Crippen LogP contribution in [0, 0.1) is 0 Å². The van der Waals surface area contributed by atoms with Gasteiger partial charge in [0.05, 0.1) is 29.2 Å². The van der Waals surface area contributed by atoms with Crippen molar-refractivity contribution in [2.45, 2.75) is 50.3 Å². The number of amides is 1. The molecule has 0 saturated carbocycles. The van der Waals surface area contributed by atoms with Crippen LogP contribution in [0.15, 0.2) is 29.2 Å². The van der Waals surface area contributed by atoms with Gasteiger partial charge in [0, 0.05) is 18.0 Å². The molecule has 1 aliphatic rings. The molecule has 0 atom stereocenters. The van der Waals surface area contributed by atoms with Crippen molar-refractivity contribution in [3.05, 3.63) is 45.8 Å². The highest BCUT2D eigenvalue weighted by atomic mass is 35.5. The number of likely N-dealkylation sites (N-methyl/N-ethyl adjacent to an activating group) is 1. The van der Waals surface area contributed by atoms with Gasteiger partial charge in [-0.1, -0.05) is 19.1 Å². The van der Waals surface area contributed by atoms with Gasteiger partial charge in [0.2, 0.25) is 5.91 Å². The molecule has 2 heterocycles. The molecule has 0 unspecified atom stereocenters. The zero-order valence-corrected chi connectivity index (χ0v) is 21.1. The minimum Gasteiger partial charge on any atom is -0.465 e. The van der Waals surface area contributed by atoms with E-state index in [1.807, 2.05) is 0 Å². The highest BCUT2D eigenvalue weighted by Gasteiger charge is 2.29. The molecular formula is C22H29ClN2O5S2. The van der Waals surface area contributed by atoms with E-state index in [-0.39, 0.29) is 29.6 Å². The fraction of sp³-hybridized carbons (Fsp3) is 0.455. The van der Waals surface area contributed by atoms with E-state index in [0.717, 1.165) is 36.5 Å². The third-order valence-corrected chi connectivity index (χ3v) is 8.77. The summed E-state index contributed by atoms with van der Waals surface area (Å²) in [6.45, 7) is 7.91. The number of carbonyl (C=O) groups is 2. The molecule has 1 aromatic heterocycles. The lowest BCUT2D eigenvalue weighted by molar-refractivity contribution is -0.115. The maximum atomic E-state index is 12.7. The average molecular weight is 501 g/mol. The number of halogens is 1. The molecule has 0 fully saturated rings. The van der Waals surface area contributed by atoms with Crippen molar-refractivity contribution < 1.29 is 22.7 Å². The van der Waals surface area contributed by atoms with Crippen LogP contribution in [0.5, 0.6) is 0 Å². The average Bonchev–Trinajstić information content (AvgIpc) is 3.09. The Hall–Kier alpha value is -1.94. The summed E-state index contributed by atoms with van der Waals surface area (Å²) < 4.78 is 29.5. The summed E-state index contributed by atoms with van der Waals surface area (Å²) in [5, 5.41) is 2.87. The predicted octanol–water partition coefficient (Wildman–Crippen LogP) is 3.70. The van der Waals surface area contributed by atoms with Gasteiger partial charge in [0.25, 0.3) is 0 Å². The molecule has 7 nitrogen and oxygen atoms in total. The number of methoxy groups -OCH3 is 1. The van der Waals surface area contributed by atoms with E-state index in [4.69, 9.17) is 4.74 Å². The number of carbonyl (C=O) groups excluding carboxylic acids is 2. The Morgan fingerprint density at radius 1 is 1.22 bits per heavy atom. The summed E-state index contributed by atoms with van der Waals surface area (Å²) in [7, 11) is -2.01. The fourth-order valence-corrected chi connectivity index (χ4v) is 5.91. The smallest absolute Gasteiger partial charge is 0.341 e. The Balaban J connectivity index is 0.00000363. The van der Waals surface area contributed by atoms with Crippen molar-refractivity contribution in [3.8, 4) is 0 Å². The standard InChI is InChI=1S/C22H28N2O5S2.ClH/c1-5-24-11-10-17-18(13-24)30-21(20(17)22(26)29-4)23-19(25)12-15-6-8-16(9-7-15)31(27,28)14(2)3;/h6-9,14H,5,10-13H2,1-4H3,(H,23,25);1H. The first-order valence-electron chi connectivity index (χ1n) is 10.2. The summed E-state index contributed by atoms with van der Waals surface area (Å²) in [6.07, 6.45) is 0.817. The van der Waals surface area contributed by atoms with Gasteiger partial charge >= 0.3 is 5.97 Å². The normalized spacial score (nSPS) is 13.9. The third kappa shape index (κ3) is 5.51. The Kier molecular flexibility index (Phi) is 8.87. The zero-order chi connectivity index (χ0) is 22.8. The van der Waals surface area contributed by atoms with Crippen LogP contribution in [0.2, 0.25) is 0 Å². The van der Waals surface area contributed by atoms with Crippen molar-refractivity contribution >= 4 is 50.5 Å². The molecule has 1 N–H and O–H groups in total. The molecule has 3 rings (SSSR count). The summed E-state index contributed by atoms with van der Waals surface area (Å²) in [5.41, 5.74) is 2.10. The topological polar surface area (TPSA) is 92.8 Å². The van der Waals surface area contributed by atoms with Gasteiger partial charge in [-0.05, 0) is 50.1 Å². The molecule has 176 valence electrons. The number of fused-ring (bicyclic) bond motifs is 1. The Morgan fingerprint density at radius 3 is 2.44 bits per heavy atom. The van der Waals surface area contributed by atoms with Crippen LogP contribution in [0.25, 0.3) is 0 Å². The summed E-state index contributed by atoms with van der Waals surface area (Å²) >= 11 is 1.42. The Bertz CT molecular complexity index is 1080. The molecule has 0 spiro atoms. The quantitative estimate of drug-likeness (QED) is 0.583. The molecule has 0 radical (unpaired) electrons. The third-order valence-electron chi connectivity index (χ3n) is 5.46. The van der Waals surface area contributed by atoms with Crippen LogP contribution < -0.4 is 5.32 Å². The maximum Gasteiger partial charge on any atom is 0.341 e. The van der Waals surface area contributed by atoms with E-state index < -0.39 is 21.1 Å². The number of nitrogens with one attached hydrogen (secondary N) is 1. The highest BCUT2D eigenvalue weighted by Crippen LogP contribution is 2.37. The number of benzene rings is 1. The largest absolute Gasteiger partial charge is 0.465 e. The second-order valence-corrected chi connectivity index (χ2v) is 11.4. The number of ether oxygens (including phenoxy) is 1. The molecule has 1 aromatic carbocycles. The van der Waals surface area contributed by atoms with Crippen molar-refractivity contribution in [1.29, 1.82) is 0 Å². The Labute approximate surface area is 199 Å². The van der Waals surface area contributed by atoms with Gasteiger partial charge in [-0.25, -0.2) is 13.2 Å². The number of hydrogen-bond acceptors (Lipinski definition) is 7. The first-order valence-corrected chi connectivity index (χ1v) is 12.6. The lowest BCUT2D eigenvalue weighted by Gasteiger charge is -2.25. The van der Waals surface area contributed by atoms with Crippen LogP contribution in [-0.4, -0.2) is 50.6 Å². The van der Waals surface area contributed by atoms with Crippen LogP contribution in [0.4, 0.5) is 5.00 Å². The first kappa shape index (κ1) is 26.3. The van der Waals surface area contributed by atoms with Gasteiger partial charge in [0.1, 0.15) is 5.00 Å². The predicted molar refractivity (Wildman–Crippen MR) is 129 cm³/mol. The number of anilines is 1. The molecule has 0 aliphatic carbocycles. The molecule has 0 saturated heterocycles. The van der Waals surface area contributed by atoms with Crippen LogP contribution >= 0.6 is 23.7 Å². The minimum absolute atomic E-state index is 0. The van der Waals surface area contributed by atoms with E-state index in [1.165, 1.54) is 30.6 Å². The zero-order valence-electron chi connectivity index (χ0n) is 18.6. The van der Waals surface area contributed by atoms with Gasteiger partial charge < -0.3 is 10.1 Å². The molecular weight excluding hydrogens is 472 g/mol. The molecule has 1 aliphatic heterocycles. The van der Waals surface area contributed by atoms with Crippen molar-refractivity contribution in [1.82, 2.24) is 4.90 Å². The number of nitrogens with zero attached hydrogens (tertiary/aromatic N) is 1. The van der Waals surface area contributed by atoms with Crippen LogP contribution in [0.3, 0.4) is 0 Å². The molecule has 32 heavy (non-hydrogen) atoms. The molecule has 2 aromatic rings. The second-order valence-electron chi connectivity index (χ2n) is 7.78. The van der Waals surface area contributed by atoms with E-state index in [9.17, 15) is 18.0 Å². The van der Waals surface area contributed by atoms with E-state index >= 15 is 0 Å². The van der Waals surface area contributed by atoms with Gasteiger partial charge in [-0.15, -0.1) is 23.7 Å². The fourth-order valence-electron chi connectivity index (χ4n) is 3.56. The van der Waals surface area contributed by atoms with E-state index in [0.29, 0.717) is 16.1 Å². The SMILES string of the molecule is CCN1CCc2c(sc(NC(=O)Cc3ccc(S(=O)(=O)C(C)C)cc3)c2C(=O)OC)C1.Cl. The molecule has 0 bridgehead atoms. The Morgan fingerprint density at radius 2 is 1.88 bits per heavy atom. The first-order chi connectivity index (χ1) is 14.7. The molecule has 1 amide bonds. The monoisotopic (exact) mass is 500 g/mol. The van der Waals surface area contributed by atoms with Gasteiger partial charge in [-0.2, -0.15) is 0 Å². The summed E-state index contributed by atoms with van der Waals surface area (Å²) in [5.74, 6) is -0.712. The van der Waals surface area contributed by atoms with Crippen LogP contribution in [0.1, 0.15) is 47.1 Å². The van der Waals surface area contributed by atoms with Crippen molar-refractivity contribution in [2.24, 2.45) is 0 Å². The summed E-state index contributed by atoms with van der Waals surface area (Å²) in [6, 6.07) is 6.35. The number of thiophene rings is 1. The number of esters is 1. The summed E-state index contributed by atoms with van der Waals surface area (Å²) in [4.78, 5) is 28.7. The van der Waals surface area contributed by atoms with E-state index in [2.05, 4.69) is 17.1 Å². The number of sulfone groups is 1. The lowest BCUT2D eigenvalue weighted by atomic mass is 10.0. The number of rotatable bonds is 7. The lowest BCUT2D eigenvalue weighted by Crippen LogP contribution is -2.30. The molecule has 10 heteroatoms. The minimum atomic E-state index is -3.35. The van der Waals surface area contributed by atoms with Crippen molar-refractivity contribution in [3.63, 3.8) is 0 Å². The van der Waals surface area contributed by atoms with Gasteiger partial charge in [-0.3, -0.25) is 9.69 Å². The highest BCUT2D eigenvalue weighted by molar-refractivity contribution is 7.92. The van der Waals surface area contributed by atoms with Gasteiger partial charge in [0.15, 0.2) is 9.84 Å². The second kappa shape index (κ2) is 10.8.